The molecule has 0 unspecified atom stereocenters. The molecule has 0 aliphatic carbocycles. The SMILES string of the molecule is CC.COC(=O)c1cc(C)ccc1CNC(C)=O. The number of carbonyl (C=O) groups excluding carboxylic acids is 2. The highest BCUT2D eigenvalue weighted by Gasteiger charge is 2.11. The van der Waals surface area contributed by atoms with E-state index in [9.17, 15) is 9.59 Å². The van der Waals surface area contributed by atoms with Crippen molar-refractivity contribution in [1.82, 2.24) is 5.32 Å². The topological polar surface area (TPSA) is 55.4 Å². The summed E-state index contributed by atoms with van der Waals surface area (Å²) in [7, 11) is 1.34. The van der Waals surface area contributed by atoms with Crippen molar-refractivity contribution in [2.24, 2.45) is 0 Å². The molecule has 0 fully saturated rings. The van der Waals surface area contributed by atoms with Crippen LogP contribution in [0.25, 0.3) is 0 Å². The molecule has 0 saturated carbocycles. The molecule has 0 saturated heterocycles. The smallest absolute Gasteiger partial charge is 0.338 e. The molecule has 0 spiro atoms. The Labute approximate surface area is 108 Å². The van der Waals surface area contributed by atoms with Gasteiger partial charge in [-0.3, -0.25) is 4.79 Å². The van der Waals surface area contributed by atoms with Crippen LogP contribution in [0.5, 0.6) is 0 Å². The minimum Gasteiger partial charge on any atom is -0.465 e. The van der Waals surface area contributed by atoms with Crippen LogP contribution in [0.15, 0.2) is 18.2 Å². The lowest BCUT2D eigenvalue weighted by atomic mass is 10.0. The molecular weight excluding hydrogens is 230 g/mol. The molecule has 4 nitrogen and oxygen atoms in total. The molecule has 0 aliphatic heterocycles. The molecule has 18 heavy (non-hydrogen) atoms. The van der Waals surface area contributed by atoms with Crippen molar-refractivity contribution in [3.05, 3.63) is 34.9 Å². The van der Waals surface area contributed by atoms with E-state index in [1.807, 2.05) is 32.9 Å². The van der Waals surface area contributed by atoms with Crippen LogP contribution >= 0.6 is 0 Å². The number of amides is 1. The van der Waals surface area contributed by atoms with Gasteiger partial charge in [0.05, 0.1) is 12.7 Å². The van der Waals surface area contributed by atoms with Crippen molar-refractivity contribution >= 4 is 11.9 Å². The quantitative estimate of drug-likeness (QED) is 0.839. The first-order valence-corrected chi connectivity index (χ1v) is 5.97. The predicted molar refractivity (Wildman–Crippen MR) is 71.4 cm³/mol. The van der Waals surface area contributed by atoms with Crippen LogP contribution in [0, 0.1) is 6.92 Å². The number of rotatable bonds is 3. The number of hydrogen-bond acceptors (Lipinski definition) is 3. The minimum atomic E-state index is -0.385. The highest BCUT2D eigenvalue weighted by Crippen LogP contribution is 2.12. The van der Waals surface area contributed by atoms with Gasteiger partial charge in [-0.1, -0.05) is 31.5 Å². The van der Waals surface area contributed by atoms with Crippen LogP contribution in [-0.4, -0.2) is 19.0 Å². The van der Waals surface area contributed by atoms with Crippen molar-refractivity contribution in [3.8, 4) is 0 Å². The van der Waals surface area contributed by atoms with Crippen molar-refractivity contribution in [1.29, 1.82) is 0 Å². The number of benzene rings is 1. The van der Waals surface area contributed by atoms with E-state index in [1.54, 1.807) is 6.07 Å². The zero-order valence-electron chi connectivity index (χ0n) is 11.7. The van der Waals surface area contributed by atoms with Crippen LogP contribution in [0.3, 0.4) is 0 Å². The van der Waals surface area contributed by atoms with Gasteiger partial charge >= 0.3 is 5.97 Å². The highest BCUT2D eigenvalue weighted by molar-refractivity contribution is 5.91. The van der Waals surface area contributed by atoms with Crippen LogP contribution in [0.4, 0.5) is 0 Å². The summed E-state index contributed by atoms with van der Waals surface area (Å²) in [5.41, 5.74) is 2.23. The van der Waals surface area contributed by atoms with E-state index in [0.717, 1.165) is 11.1 Å². The Bertz CT molecular complexity index is 414. The molecule has 1 aromatic rings. The van der Waals surface area contributed by atoms with Gasteiger partial charge in [0, 0.05) is 13.5 Å². The highest BCUT2D eigenvalue weighted by atomic mass is 16.5. The average molecular weight is 251 g/mol. The van der Waals surface area contributed by atoms with E-state index in [-0.39, 0.29) is 11.9 Å². The van der Waals surface area contributed by atoms with Crippen LogP contribution < -0.4 is 5.32 Å². The number of esters is 1. The third-order valence-corrected chi connectivity index (χ3v) is 2.20. The Morgan fingerprint density at radius 2 is 1.89 bits per heavy atom. The van der Waals surface area contributed by atoms with Gasteiger partial charge in [-0.25, -0.2) is 4.79 Å². The van der Waals surface area contributed by atoms with Gasteiger partial charge in [-0.2, -0.15) is 0 Å². The van der Waals surface area contributed by atoms with E-state index < -0.39 is 0 Å². The van der Waals surface area contributed by atoms with Crippen molar-refractivity contribution < 1.29 is 14.3 Å². The first-order chi connectivity index (χ1) is 8.54. The van der Waals surface area contributed by atoms with Crippen LogP contribution in [-0.2, 0) is 16.1 Å². The molecule has 0 atom stereocenters. The van der Waals surface area contributed by atoms with Crippen LogP contribution in [0.1, 0.15) is 42.3 Å². The Kier molecular flexibility index (Phi) is 7.43. The first kappa shape index (κ1) is 16.2. The molecule has 0 radical (unpaired) electrons. The van der Waals surface area contributed by atoms with E-state index in [1.165, 1.54) is 14.0 Å². The van der Waals surface area contributed by atoms with Gasteiger partial charge in [0.2, 0.25) is 5.91 Å². The molecule has 100 valence electrons. The van der Waals surface area contributed by atoms with Gasteiger partial charge in [0.25, 0.3) is 0 Å². The molecule has 0 heterocycles. The zero-order chi connectivity index (χ0) is 14.1. The molecule has 1 N–H and O–H groups in total. The van der Waals surface area contributed by atoms with Gasteiger partial charge in [0.1, 0.15) is 0 Å². The summed E-state index contributed by atoms with van der Waals surface area (Å²) < 4.78 is 4.69. The van der Waals surface area contributed by atoms with Gasteiger partial charge < -0.3 is 10.1 Å². The second kappa shape index (κ2) is 8.28. The molecule has 0 aliphatic rings. The average Bonchev–Trinajstić information content (AvgIpc) is 2.38. The van der Waals surface area contributed by atoms with Crippen molar-refractivity contribution in [3.63, 3.8) is 0 Å². The summed E-state index contributed by atoms with van der Waals surface area (Å²) in [4.78, 5) is 22.3. The number of aryl methyl sites for hydroxylation is 1. The van der Waals surface area contributed by atoms with Gasteiger partial charge in [-0.05, 0) is 18.6 Å². The maximum Gasteiger partial charge on any atom is 0.338 e. The number of carbonyl (C=O) groups is 2. The Balaban J connectivity index is 0.00000137. The second-order valence-electron chi connectivity index (χ2n) is 3.56. The normalized spacial score (nSPS) is 8.94. The molecule has 0 bridgehead atoms. The van der Waals surface area contributed by atoms with Crippen molar-refractivity contribution in [2.45, 2.75) is 34.2 Å². The van der Waals surface area contributed by atoms with Crippen molar-refractivity contribution in [2.75, 3.05) is 7.11 Å². The summed E-state index contributed by atoms with van der Waals surface area (Å²) in [6, 6.07) is 5.46. The second-order valence-corrected chi connectivity index (χ2v) is 3.56. The lowest BCUT2D eigenvalue weighted by Gasteiger charge is -2.09. The summed E-state index contributed by atoms with van der Waals surface area (Å²) in [6.45, 7) is 7.67. The van der Waals surface area contributed by atoms with E-state index in [4.69, 9.17) is 0 Å². The van der Waals surface area contributed by atoms with E-state index >= 15 is 0 Å². The monoisotopic (exact) mass is 251 g/mol. The summed E-state index contributed by atoms with van der Waals surface area (Å²) in [5, 5.41) is 2.65. The summed E-state index contributed by atoms with van der Waals surface area (Å²) in [5.74, 6) is -0.513. The van der Waals surface area contributed by atoms with Crippen LogP contribution in [0.2, 0.25) is 0 Å². The van der Waals surface area contributed by atoms with E-state index in [2.05, 4.69) is 10.1 Å². The number of ether oxygens (including phenoxy) is 1. The third-order valence-electron chi connectivity index (χ3n) is 2.20. The van der Waals surface area contributed by atoms with Gasteiger partial charge in [-0.15, -0.1) is 0 Å². The fourth-order valence-electron chi connectivity index (χ4n) is 1.36. The fraction of sp³-hybridized carbons (Fsp3) is 0.429. The summed E-state index contributed by atoms with van der Waals surface area (Å²) in [6.07, 6.45) is 0. The Hall–Kier alpha value is -1.84. The van der Waals surface area contributed by atoms with Gasteiger partial charge in [0.15, 0.2) is 0 Å². The molecule has 4 heteroatoms. The summed E-state index contributed by atoms with van der Waals surface area (Å²) >= 11 is 0. The number of methoxy groups -OCH3 is 1. The standard InChI is InChI=1S/C12H15NO3.C2H6/c1-8-4-5-10(7-13-9(2)14)11(6-8)12(15)16-3;1-2/h4-6H,7H2,1-3H3,(H,13,14);1-2H3. The predicted octanol–water partition coefficient (Wildman–Crippen LogP) is 2.44. The zero-order valence-corrected chi connectivity index (χ0v) is 11.7. The lowest BCUT2D eigenvalue weighted by Crippen LogP contribution is -2.21. The molecule has 1 aromatic carbocycles. The maximum atomic E-state index is 11.5. The number of nitrogens with one attached hydrogen (secondary N) is 1. The third kappa shape index (κ3) is 4.99. The Morgan fingerprint density at radius 1 is 1.28 bits per heavy atom. The molecule has 1 amide bonds. The van der Waals surface area contributed by atoms with E-state index in [0.29, 0.717) is 12.1 Å². The molecular formula is C14H21NO3. The first-order valence-electron chi connectivity index (χ1n) is 5.97. The molecule has 1 rings (SSSR count). The largest absolute Gasteiger partial charge is 0.465 e. The lowest BCUT2D eigenvalue weighted by molar-refractivity contribution is -0.119. The Morgan fingerprint density at radius 3 is 2.39 bits per heavy atom. The fourth-order valence-corrected chi connectivity index (χ4v) is 1.36. The number of hydrogen-bond donors (Lipinski definition) is 1. The minimum absolute atomic E-state index is 0.128. The maximum absolute atomic E-state index is 11.5. The molecule has 0 aromatic heterocycles.